The Balaban J connectivity index is 2.08. The molecule has 20 heavy (non-hydrogen) atoms. The highest BCUT2D eigenvalue weighted by atomic mass is 16.5. The van der Waals surface area contributed by atoms with Crippen molar-refractivity contribution < 1.29 is 19.2 Å². The van der Waals surface area contributed by atoms with E-state index in [9.17, 15) is 9.90 Å². The largest absolute Gasteiger partial charge is 0.385 e. The Morgan fingerprint density at radius 3 is 2.85 bits per heavy atom. The molecule has 2 atom stereocenters. The fourth-order valence-corrected chi connectivity index (χ4v) is 2.38. The summed E-state index contributed by atoms with van der Waals surface area (Å²) >= 11 is 0. The van der Waals surface area contributed by atoms with E-state index in [-0.39, 0.29) is 24.5 Å². The van der Waals surface area contributed by atoms with Gasteiger partial charge < -0.3 is 19.7 Å². The van der Waals surface area contributed by atoms with E-state index in [1.165, 1.54) is 0 Å². The van der Waals surface area contributed by atoms with Crippen LogP contribution in [-0.4, -0.2) is 41.0 Å². The summed E-state index contributed by atoms with van der Waals surface area (Å²) in [5.41, 5.74) is 0.0303. The molecule has 2 rings (SSSR count). The molecule has 6 nitrogen and oxygen atoms in total. The second-order valence-corrected chi connectivity index (χ2v) is 5.71. The lowest BCUT2D eigenvalue weighted by Gasteiger charge is -2.26. The maximum atomic E-state index is 12.3. The molecule has 1 amide bonds. The van der Waals surface area contributed by atoms with Crippen molar-refractivity contribution in [3.8, 4) is 0 Å². The maximum Gasteiger partial charge on any atom is 0.256 e. The van der Waals surface area contributed by atoms with Crippen molar-refractivity contribution in [3.63, 3.8) is 0 Å². The molecule has 1 aromatic rings. The van der Waals surface area contributed by atoms with Gasteiger partial charge in [0.1, 0.15) is 11.2 Å². The van der Waals surface area contributed by atoms with Crippen molar-refractivity contribution in [2.75, 3.05) is 13.2 Å². The van der Waals surface area contributed by atoms with Crippen molar-refractivity contribution >= 4 is 5.91 Å². The molecular formula is C14H22N2O4. The maximum absolute atomic E-state index is 12.3. The zero-order chi connectivity index (χ0) is 14.9. The van der Waals surface area contributed by atoms with E-state index in [2.05, 4.69) is 10.5 Å². The number of nitrogens with one attached hydrogen (secondary N) is 1. The highest BCUT2D eigenvalue weighted by Gasteiger charge is 2.40. The second kappa shape index (κ2) is 5.54. The molecule has 0 saturated carbocycles. The molecule has 2 heterocycles. The van der Waals surface area contributed by atoms with Crippen molar-refractivity contribution in [2.45, 2.75) is 51.7 Å². The Bertz CT molecular complexity index is 497. The Morgan fingerprint density at radius 2 is 2.30 bits per heavy atom. The smallest absolute Gasteiger partial charge is 0.256 e. The van der Waals surface area contributed by atoms with Crippen LogP contribution in [0.5, 0.6) is 0 Å². The van der Waals surface area contributed by atoms with E-state index in [1.807, 2.05) is 20.8 Å². The lowest BCUT2D eigenvalue weighted by atomic mass is 9.96. The van der Waals surface area contributed by atoms with Crippen molar-refractivity contribution in [2.24, 2.45) is 0 Å². The average Bonchev–Trinajstić information content (AvgIpc) is 2.92. The Hall–Kier alpha value is -1.40. The molecule has 0 bridgehead atoms. The van der Waals surface area contributed by atoms with E-state index in [4.69, 9.17) is 9.26 Å². The standard InChI is InChI=1S/C14H22N2O4/c1-8(2)12-11(9(3)16-20-12)13(17)15-7-14(18)5-6-19-10(14)4/h8,10,18H,5-7H2,1-4H3,(H,15,17). The van der Waals surface area contributed by atoms with Gasteiger partial charge in [-0.05, 0) is 13.8 Å². The number of aromatic nitrogens is 1. The molecule has 0 radical (unpaired) electrons. The summed E-state index contributed by atoms with van der Waals surface area (Å²) in [6.45, 7) is 8.10. The van der Waals surface area contributed by atoms with Crippen molar-refractivity contribution in [3.05, 3.63) is 17.0 Å². The minimum atomic E-state index is -1.00. The van der Waals surface area contributed by atoms with Crippen molar-refractivity contribution in [1.82, 2.24) is 10.5 Å². The number of carbonyl (C=O) groups excluding carboxylic acids is 1. The Kier molecular flexibility index (Phi) is 4.15. The summed E-state index contributed by atoms with van der Waals surface area (Å²) in [5.74, 6) is 0.386. The van der Waals surface area contributed by atoms with E-state index in [0.29, 0.717) is 30.0 Å². The van der Waals surface area contributed by atoms with Crippen molar-refractivity contribution in [1.29, 1.82) is 0 Å². The summed E-state index contributed by atoms with van der Waals surface area (Å²) in [6.07, 6.45) is 0.240. The number of ether oxygens (including phenoxy) is 1. The van der Waals surface area contributed by atoms with Crippen LogP contribution in [0.15, 0.2) is 4.52 Å². The van der Waals surface area contributed by atoms with Crippen LogP contribution in [0.25, 0.3) is 0 Å². The minimum absolute atomic E-state index is 0.0776. The summed E-state index contributed by atoms with van der Waals surface area (Å²) in [5, 5.41) is 17.0. The Morgan fingerprint density at radius 1 is 1.60 bits per heavy atom. The number of aryl methyl sites for hydroxylation is 1. The molecule has 1 fully saturated rings. The molecule has 1 aliphatic heterocycles. The van der Waals surface area contributed by atoms with Gasteiger partial charge in [-0.3, -0.25) is 4.79 Å². The van der Waals surface area contributed by atoms with Gasteiger partial charge in [-0.15, -0.1) is 0 Å². The third kappa shape index (κ3) is 2.71. The first-order valence-corrected chi connectivity index (χ1v) is 6.93. The summed E-state index contributed by atoms with van der Waals surface area (Å²) in [4.78, 5) is 12.3. The SMILES string of the molecule is Cc1noc(C(C)C)c1C(=O)NCC1(O)CCOC1C. The van der Waals surface area contributed by atoms with E-state index in [0.717, 1.165) is 0 Å². The van der Waals surface area contributed by atoms with Gasteiger partial charge in [0.05, 0.1) is 11.8 Å². The summed E-state index contributed by atoms with van der Waals surface area (Å²) in [7, 11) is 0. The van der Waals surface area contributed by atoms with Crippen LogP contribution in [0.3, 0.4) is 0 Å². The average molecular weight is 282 g/mol. The molecular weight excluding hydrogens is 260 g/mol. The molecule has 0 aliphatic carbocycles. The Labute approximate surface area is 118 Å². The van der Waals surface area contributed by atoms with Gasteiger partial charge in [0, 0.05) is 25.5 Å². The van der Waals surface area contributed by atoms with Crippen LogP contribution in [0.1, 0.15) is 54.9 Å². The van der Waals surface area contributed by atoms with Gasteiger partial charge in [0.15, 0.2) is 5.76 Å². The highest BCUT2D eigenvalue weighted by Crippen LogP contribution is 2.26. The van der Waals surface area contributed by atoms with Crippen LogP contribution in [0, 0.1) is 6.92 Å². The third-order valence-corrected chi connectivity index (χ3v) is 3.86. The summed E-state index contributed by atoms with van der Waals surface area (Å²) in [6, 6.07) is 0. The van der Waals surface area contributed by atoms with Crippen LogP contribution in [-0.2, 0) is 4.74 Å². The predicted molar refractivity (Wildman–Crippen MR) is 72.6 cm³/mol. The molecule has 6 heteroatoms. The van der Waals surface area contributed by atoms with Crippen LogP contribution < -0.4 is 5.32 Å². The zero-order valence-electron chi connectivity index (χ0n) is 12.4. The molecule has 1 aromatic heterocycles. The van der Waals surface area contributed by atoms with Gasteiger partial charge in [-0.25, -0.2) is 0 Å². The molecule has 1 saturated heterocycles. The number of amides is 1. The van der Waals surface area contributed by atoms with Crippen LogP contribution in [0.2, 0.25) is 0 Å². The van der Waals surface area contributed by atoms with E-state index < -0.39 is 5.60 Å². The number of nitrogens with zero attached hydrogens (tertiary/aromatic N) is 1. The minimum Gasteiger partial charge on any atom is -0.385 e. The van der Waals surface area contributed by atoms with Crippen LogP contribution in [0.4, 0.5) is 0 Å². The summed E-state index contributed by atoms with van der Waals surface area (Å²) < 4.78 is 10.5. The molecule has 2 unspecified atom stereocenters. The fourth-order valence-electron chi connectivity index (χ4n) is 2.38. The van der Waals surface area contributed by atoms with E-state index >= 15 is 0 Å². The van der Waals surface area contributed by atoms with Crippen LogP contribution >= 0.6 is 0 Å². The molecule has 0 spiro atoms. The van der Waals surface area contributed by atoms with Gasteiger partial charge in [-0.1, -0.05) is 19.0 Å². The number of hydrogen-bond donors (Lipinski definition) is 2. The van der Waals surface area contributed by atoms with Gasteiger partial charge in [0.2, 0.25) is 0 Å². The normalized spacial score (nSPS) is 26.2. The predicted octanol–water partition coefficient (Wildman–Crippen LogP) is 1.38. The quantitative estimate of drug-likeness (QED) is 0.871. The van der Waals surface area contributed by atoms with Gasteiger partial charge >= 0.3 is 0 Å². The fraction of sp³-hybridized carbons (Fsp3) is 0.714. The molecule has 1 aliphatic rings. The first kappa shape index (κ1) is 15.0. The number of rotatable bonds is 4. The molecule has 112 valence electrons. The number of carbonyl (C=O) groups is 1. The number of hydrogen-bond acceptors (Lipinski definition) is 5. The monoisotopic (exact) mass is 282 g/mol. The molecule has 2 N–H and O–H groups in total. The first-order valence-electron chi connectivity index (χ1n) is 6.93. The highest BCUT2D eigenvalue weighted by molar-refractivity contribution is 5.96. The number of aliphatic hydroxyl groups is 1. The lowest BCUT2D eigenvalue weighted by molar-refractivity contribution is -0.0251. The first-order chi connectivity index (χ1) is 9.35. The lowest BCUT2D eigenvalue weighted by Crippen LogP contribution is -2.47. The second-order valence-electron chi connectivity index (χ2n) is 5.71. The van der Waals surface area contributed by atoms with Gasteiger partial charge in [-0.2, -0.15) is 0 Å². The van der Waals surface area contributed by atoms with E-state index in [1.54, 1.807) is 6.92 Å². The topological polar surface area (TPSA) is 84.6 Å². The molecule has 0 aromatic carbocycles. The van der Waals surface area contributed by atoms with Gasteiger partial charge in [0.25, 0.3) is 5.91 Å². The zero-order valence-corrected chi connectivity index (χ0v) is 12.4. The third-order valence-electron chi connectivity index (χ3n) is 3.86.